The molecule has 0 amide bonds. The standard InChI is InChI=1S/C12H21N3O4S/c1-6-12(4,5)14-20(18,19)11-8(2)13-15(9(11)3)7-10(16)17/h14H,6-7H2,1-5H3,(H,16,17). The summed E-state index contributed by atoms with van der Waals surface area (Å²) in [5, 5.41) is 12.8. The number of hydrogen-bond donors (Lipinski definition) is 2. The fraction of sp³-hybridized carbons (Fsp3) is 0.667. The second kappa shape index (κ2) is 5.53. The second-order valence-electron chi connectivity index (χ2n) is 5.39. The number of aliphatic carboxylic acids is 1. The summed E-state index contributed by atoms with van der Waals surface area (Å²) in [7, 11) is -3.73. The predicted molar refractivity (Wildman–Crippen MR) is 74.0 cm³/mol. The van der Waals surface area contributed by atoms with Crippen molar-refractivity contribution in [1.82, 2.24) is 14.5 Å². The van der Waals surface area contributed by atoms with E-state index in [1.54, 1.807) is 27.7 Å². The summed E-state index contributed by atoms with van der Waals surface area (Å²) in [6.07, 6.45) is 0.633. The maximum absolute atomic E-state index is 12.4. The van der Waals surface area contributed by atoms with Gasteiger partial charge in [-0.05, 0) is 34.1 Å². The molecule has 0 saturated carbocycles. The fourth-order valence-corrected chi connectivity index (χ4v) is 3.74. The zero-order valence-electron chi connectivity index (χ0n) is 12.4. The molecule has 0 spiro atoms. The number of carbonyl (C=O) groups is 1. The van der Waals surface area contributed by atoms with E-state index < -0.39 is 21.5 Å². The maximum Gasteiger partial charge on any atom is 0.325 e. The molecule has 0 saturated heterocycles. The molecule has 1 heterocycles. The highest BCUT2D eigenvalue weighted by Gasteiger charge is 2.30. The molecule has 1 rings (SSSR count). The number of carboxylic acids is 1. The van der Waals surface area contributed by atoms with E-state index >= 15 is 0 Å². The Bertz CT molecular complexity index is 617. The Morgan fingerprint density at radius 1 is 1.40 bits per heavy atom. The molecule has 2 N–H and O–H groups in total. The van der Waals surface area contributed by atoms with Gasteiger partial charge in [-0.3, -0.25) is 9.48 Å². The van der Waals surface area contributed by atoms with Gasteiger partial charge < -0.3 is 5.11 Å². The van der Waals surface area contributed by atoms with Crippen LogP contribution in [0.15, 0.2) is 4.90 Å². The van der Waals surface area contributed by atoms with Crippen LogP contribution < -0.4 is 4.72 Å². The molecule has 114 valence electrons. The molecule has 0 fully saturated rings. The van der Waals surface area contributed by atoms with Gasteiger partial charge in [0.2, 0.25) is 10.0 Å². The van der Waals surface area contributed by atoms with Gasteiger partial charge in [-0.1, -0.05) is 6.92 Å². The van der Waals surface area contributed by atoms with Gasteiger partial charge in [0.05, 0.1) is 11.4 Å². The molecule has 0 bridgehead atoms. The SMILES string of the molecule is CCC(C)(C)NS(=O)(=O)c1c(C)nn(CC(=O)O)c1C. The smallest absolute Gasteiger partial charge is 0.325 e. The summed E-state index contributed by atoms with van der Waals surface area (Å²) in [5.41, 5.74) is 0.0412. The zero-order valence-corrected chi connectivity index (χ0v) is 13.2. The van der Waals surface area contributed by atoms with Crippen molar-refractivity contribution in [2.45, 2.75) is 58.0 Å². The summed E-state index contributed by atoms with van der Waals surface area (Å²) in [6.45, 7) is 8.21. The van der Waals surface area contributed by atoms with Crippen molar-refractivity contribution in [2.24, 2.45) is 0 Å². The molecule has 20 heavy (non-hydrogen) atoms. The van der Waals surface area contributed by atoms with Crippen molar-refractivity contribution < 1.29 is 18.3 Å². The molecule has 0 aromatic carbocycles. The Morgan fingerprint density at radius 3 is 2.40 bits per heavy atom. The quantitative estimate of drug-likeness (QED) is 0.818. The van der Waals surface area contributed by atoms with Crippen LogP contribution in [0.25, 0.3) is 0 Å². The first-order valence-electron chi connectivity index (χ1n) is 6.30. The Labute approximate surface area is 119 Å². The first-order chi connectivity index (χ1) is 9.00. The van der Waals surface area contributed by atoms with E-state index in [4.69, 9.17) is 5.11 Å². The first-order valence-corrected chi connectivity index (χ1v) is 7.78. The molecule has 0 aliphatic heterocycles. The summed E-state index contributed by atoms with van der Waals surface area (Å²) in [6, 6.07) is 0. The van der Waals surface area contributed by atoms with Crippen LogP contribution in [0.2, 0.25) is 0 Å². The van der Waals surface area contributed by atoms with Gasteiger partial charge >= 0.3 is 5.97 Å². The second-order valence-corrected chi connectivity index (χ2v) is 7.01. The van der Waals surface area contributed by atoms with E-state index in [0.717, 1.165) is 0 Å². The Hall–Kier alpha value is -1.41. The lowest BCUT2D eigenvalue weighted by atomic mass is 10.0. The van der Waals surface area contributed by atoms with Crippen molar-refractivity contribution in [3.8, 4) is 0 Å². The zero-order chi connectivity index (χ0) is 15.7. The molecule has 1 aromatic rings. The summed E-state index contributed by atoms with van der Waals surface area (Å²) in [5.74, 6) is -1.07. The minimum atomic E-state index is -3.73. The molecule has 1 aromatic heterocycles. The predicted octanol–water partition coefficient (Wildman–Crippen LogP) is 1.05. The molecule has 0 aliphatic rings. The lowest BCUT2D eigenvalue weighted by Gasteiger charge is -2.24. The Kier molecular flexibility index (Phi) is 4.60. The molecular formula is C12H21N3O4S. The third kappa shape index (κ3) is 3.57. The summed E-state index contributed by atoms with van der Waals surface area (Å²) < 4.78 is 28.7. The van der Waals surface area contributed by atoms with Crippen LogP contribution in [0.1, 0.15) is 38.6 Å². The minimum Gasteiger partial charge on any atom is -0.480 e. The normalized spacial score (nSPS) is 12.7. The van der Waals surface area contributed by atoms with Gasteiger partial charge in [-0.25, -0.2) is 13.1 Å². The lowest BCUT2D eigenvalue weighted by Crippen LogP contribution is -2.43. The minimum absolute atomic E-state index is 0.0558. The number of hydrogen-bond acceptors (Lipinski definition) is 4. The van der Waals surface area contributed by atoms with Gasteiger partial charge in [-0.15, -0.1) is 0 Å². The van der Waals surface area contributed by atoms with Crippen molar-refractivity contribution in [2.75, 3.05) is 0 Å². The van der Waals surface area contributed by atoms with E-state index in [2.05, 4.69) is 9.82 Å². The lowest BCUT2D eigenvalue weighted by molar-refractivity contribution is -0.137. The van der Waals surface area contributed by atoms with Crippen molar-refractivity contribution in [3.05, 3.63) is 11.4 Å². The molecule has 0 radical (unpaired) electrons. The van der Waals surface area contributed by atoms with E-state index in [1.807, 2.05) is 6.92 Å². The average molecular weight is 303 g/mol. The van der Waals surface area contributed by atoms with E-state index in [9.17, 15) is 13.2 Å². The van der Waals surface area contributed by atoms with Gasteiger partial charge in [0, 0.05) is 5.54 Å². The van der Waals surface area contributed by atoms with Crippen LogP contribution in [0, 0.1) is 13.8 Å². The monoisotopic (exact) mass is 303 g/mol. The number of carboxylic acid groups (broad SMARTS) is 1. The molecule has 0 atom stereocenters. The van der Waals surface area contributed by atoms with Gasteiger partial charge in [-0.2, -0.15) is 5.10 Å². The van der Waals surface area contributed by atoms with Crippen molar-refractivity contribution in [3.63, 3.8) is 0 Å². The fourth-order valence-electron chi connectivity index (χ4n) is 1.84. The van der Waals surface area contributed by atoms with Crippen LogP contribution in [-0.4, -0.2) is 34.8 Å². The van der Waals surface area contributed by atoms with Crippen LogP contribution in [0.4, 0.5) is 0 Å². The Morgan fingerprint density at radius 2 is 1.95 bits per heavy atom. The van der Waals surface area contributed by atoms with E-state index in [-0.39, 0.29) is 11.4 Å². The molecule has 0 unspecified atom stereocenters. The topological polar surface area (TPSA) is 101 Å². The highest BCUT2D eigenvalue weighted by atomic mass is 32.2. The summed E-state index contributed by atoms with van der Waals surface area (Å²) >= 11 is 0. The third-order valence-corrected chi connectivity index (χ3v) is 5.11. The molecule has 0 aliphatic carbocycles. The van der Waals surface area contributed by atoms with Crippen LogP contribution in [0.5, 0.6) is 0 Å². The maximum atomic E-state index is 12.4. The first kappa shape index (κ1) is 16.6. The largest absolute Gasteiger partial charge is 0.480 e. The molecule has 7 nitrogen and oxygen atoms in total. The van der Waals surface area contributed by atoms with Crippen LogP contribution >= 0.6 is 0 Å². The van der Waals surface area contributed by atoms with Gasteiger partial charge in [0.1, 0.15) is 11.4 Å². The van der Waals surface area contributed by atoms with Crippen LogP contribution in [-0.2, 0) is 21.4 Å². The number of aromatic nitrogens is 2. The highest BCUT2D eigenvalue weighted by Crippen LogP contribution is 2.22. The average Bonchev–Trinajstić information content (AvgIpc) is 2.52. The Balaban J connectivity index is 3.26. The third-order valence-electron chi connectivity index (χ3n) is 3.16. The number of nitrogens with zero attached hydrogens (tertiary/aromatic N) is 2. The van der Waals surface area contributed by atoms with Crippen molar-refractivity contribution in [1.29, 1.82) is 0 Å². The van der Waals surface area contributed by atoms with E-state index in [0.29, 0.717) is 17.8 Å². The molecule has 8 heteroatoms. The van der Waals surface area contributed by atoms with Crippen LogP contribution in [0.3, 0.4) is 0 Å². The number of sulfonamides is 1. The van der Waals surface area contributed by atoms with Gasteiger partial charge in [0.15, 0.2) is 0 Å². The highest BCUT2D eigenvalue weighted by molar-refractivity contribution is 7.89. The number of nitrogens with one attached hydrogen (secondary N) is 1. The van der Waals surface area contributed by atoms with E-state index in [1.165, 1.54) is 4.68 Å². The molecular weight excluding hydrogens is 282 g/mol. The summed E-state index contributed by atoms with van der Waals surface area (Å²) in [4.78, 5) is 10.8. The number of rotatable bonds is 6. The van der Waals surface area contributed by atoms with Crippen molar-refractivity contribution >= 4 is 16.0 Å². The van der Waals surface area contributed by atoms with Gasteiger partial charge in [0.25, 0.3) is 0 Å². The number of aryl methyl sites for hydroxylation is 1.